The maximum Gasteiger partial charge on any atom is 1.00 e. The van der Waals surface area contributed by atoms with Crippen LogP contribution in [0.4, 0.5) is 0 Å². The Labute approximate surface area is 144 Å². The van der Waals surface area contributed by atoms with Gasteiger partial charge in [0.2, 0.25) is 0 Å². The van der Waals surface area contributed by atoms with Gasteiger partial charge in [-0.2, -0.15) is 0 Å². The van der Waals surface area contributed by atoms with E-state index in [2.05, 4.69) is 36.1 Å². The van der Waals surface area contributed by atoms with Gasteiger partial charge in [-0.1, -0.05) is 77.9 Å². The maximum atomic E-state index is 3.34. The molecule has 22 heavy (non-hydrogen) atoms. The fraction of sp³-hybridized carbons (Fsp3) is 0. The molecule has 0 unspecified atom stereocenters. The molecule has 0 atom stereocenters. The first-order valence-electron chi connectivity index (χ1n) is 6.98. The molecule has 0 amide bonds. The van der Waals surface area contributed by atoms with Crippen molar-refractivity contribution in [2.75, 3.05) is 0 Å². The Morgan fingerprint density at radius 2 is 0.955 bits per heavy atom. The minimum absolute atomic E-state index is 0. The summed E-state index contributed by atoms with van der Waals surface area (Å²) in [6, 6.07) is 30.7. The Bertz CT molecular complexity index is 698. The van der Waals surface area contributed by atoms with Gasteiger partial charge in [0.1, 0.15) is 0 Å². The molecule has 0 spiro atoms. The molecule has 0 radical (unpaired) electrons. The van der Waals surface area contributed by atoms with Crippen LogP contribution < -0.4 is 18.9 Å². The maximum absolute atomic E-state index is 3.34. The van der Waals surface area contributed by atoms with Crippen LogP contribution in [0.1, 0.15) is 16.7 Å². The number of hydrogen-bond acceptors (Lipinski definition) is 0. The summed E-state index contributed by atoms with van der Waals surface area (Å²) in [6.07, 6.45) is 0. The Hall–Kier alpha value is -2.31. The summed E-state index contributed by atoms with van der Waals surface area (Å²) in [4.78, 5) is 0. The van der Waals surface area contributed by atoms with Gasteiger partial charge in [-0.25, -0.2) is 0 Å². The number of hydrogen-bond donors (Lipinski definition) is 0. The summed E-state index contributed by atoms with van der Waals surface area (Å²) in [5, 5.41) is 0. The van der Waals surface area contributed by atoms with Gasteiger partial charge in [-0.05, 0) is 11.5 Å². The molecule has 0 aliphatic rings. The van der Waals surface area contributed by atoms with Crippen LogP contribution in [0.2, 0.25) is 0 Å². The van der Waals surface area contributed by atoms with E-state index in [9.17, 15) is 0 Å². The molecule has 0 aromatic heterocycles. The number of rotatable bonds is 2. The predicted octanol–water partition coefficient (Wildman–Crippen LogP) is 1.71. The van der Waals surface area contributed by atoms with E-state index in [0.717, 1.165) is 22.6 Å². The fourth-order valence-electron chi connectivity index (χ4n) is 2.18. The van der Waals surface area contributed by atoms with Gasteiger partial charge in [-0.3, -0.25) is 0 Å². The molecule has 3 aromatic rings. The van der Waals surface area contributed by atoms with Gasteiger partial charge >= 0.3 is 18.9 Å². The van der Waals surface area contributed by atoms with Crippen molar-refractivity contribution in [2.24, 2.45) is 0 Å². The monoisotopic (exact) mass is 274 g/mol. The van der Waals surface area contributed by atoms with Crippen molar-refractivity contribution in [3.05, 3.63) is 114 Å². The van der Waals surface area contributed by atoms with Crippen molar-refractivity contribution >= 4 is 0 Å². The molecule has 0 saturated heterocycles. The molecule has 0 aliphatic carbocycles. The van der Waals surface area contributed by atoms with Crippen LogP contribution in [0.3, 0.4) is 0 Å². The van der Waals surface area contributed by atoms with E-state index in [4.69, 9.17) is 0 Å². The fourth-order valence-corrected chi connectivity index (χ4v) is 2.18. The third kappa shape index (κ3) is 4.09. The van der Waals surface area contributed by atoms with Crippen LogP contribution >= 0.6 is 0 Å². The molecule has 3 rings (SSSR count). The molecule has 0 bridgehead atoms. The SMILES string of the molecule is C(#C[C-](c1ccccc1)c1ccccc1)c1ccccc1.[Li+]. The van der Waals surface area contributed by atoms with Crippen molar-refractivity contribution in [3.8, 4) is 11.8 Å². The minimum Gasteiger partial charge on any atom is -0.138 e. The van der Waals surface area contributed by atoms with Gasteiger partial charge in [0.15, 0.2) is 0 Å². The van der Waals surface area contributed by atoms with E-state index in [0.29, 0.717) is 0 Å². The number of benzene rings is 3. The van der Waals surface area contributed by atoms with Gasteiger partial charge in [0.05, 0.1) is 0 Å². The van der Waals surface area contributed by atoms with E-state index in [-0.39, 0.29) is 18.9 Å². The normalized spacial score (nSPS) is 9.09. The summed E-state index contributed by atoms with van der Waals surface area (Å²) in [5.41, 5.74) is 3.32. The second-order valence-corrected chi connectivity index (χ2v) is 4.72. The van der Waals surface area contributed by atoms with Gasteiger partial charge < -0.3 is 0 Å². The zero-order valence-corrected chi connectivity index (χ0v) is 12.7. The van der Waals surface area contributed by atoms with E-state index in [1.54, 1.807) is 0 Å². The van der Waals surface area contributed by atoms with Crippen molar-refractivity contribution < 1.29 is 18.9 Å². The van der Waals surface area contributed by atoms with E-state index < -0.39 is 0 Å². The molecule has 0 fully saturated rings. The summed E-state index contributed by atoms with van der Waals surface area (Å²) >= 11 is 0. The summed E-state index contributed by atoms with van der Waals surface area (Å²) in [6.45, 7) is 0. The van der Waals surface area contributed by atoms with Crippen molar-refractivity contribution in [3.63, 3.8) is 0 Å². The topological polar surface area (TPSA) is 0 Å². The average molecular weight is 274 g/mol. The Morgan fingerprint density at radius 3 is 1.41 bits per heavy atom. The average Bonchev–Trinajstić information content (AvgIpc) is 2.58. The van der Waals surface area contributed by atoms with E-state index in [1.165, 1.54) is 0 Å². The molecular weight excluding hydrogens is 259 g/mol. The molecule has 0 aliphatic heterocycles. The molecule has 0 heterocycles. The minimum atomic E-state index is 0. The molecular formula is C21H15Li. The second-order valence-electron chi connectivity index (χ2n) is 4.72. The van der Waals surface area contributed by atoms with E-state index >= 15 is 0 Å². The summed E-state index contributed by atoms with van der Waals surface area (Å²) < 4.78 is 0. The Kier molecular flexibility index (Phi) is 5.99. The van der Waals surface area contributed by atoms with Gasteiger partial charge in [0, 0.05) is 0 Å². The summed E-state index contributed by atoms with van der Waals surface area (Å²) in [7, 11) is 0. The van der Waals surface area contributed by atoms with Crippen molar-refractivity contribution in [1.29, 1.82) is 0 Å². The zero-order chi connectivity index (χ0) is 14.3. The first-order chi connectivity index (χ1) is 10.4. The predicted molar refractivity (Wildman–Crippen MR) is 87.7 cm³/mol. The molecule has 0 N–H and O–H groups in total. The zero-order valence-electron chi connectivity index (χ0n) is 12.7. The third-order valence-electron chi connectivity index (χ3n) is 3.23. The quantitative estimate of drug-likeness (QED) is 0.379. The smallest absolute Gasteiger partial charge is 0.138 e. The third-order valence-corrected chi connectivity index (χ3v) is 3.23. The van der Waals surface area contributed by atoms with Gasteiger partial charge in [0.25, 0.3) is 0 Å². The van der Waals surface area contributed by atoms with Crippen LogP contribution in [0.15, 0.2) is 91.0 Å². The molecule has 0 saturated carbocycles. The van der Waals surface area contributed by atoms with E-state index in [1.807, 2.05) is 66.7 Å². The Balaban J connectivity index is 0.00000176. The largest absolute Gasteiger partial charge is 1.00 e. The van der Waals surface area contributed by atoms with Crippen LogP contribution in [0.5, 0.6) is 0 Å². The second kappa shape index (κ2) is 8.21. The molecule has 100 valence electrons. The van der Waals surface area contributed by atoms with Crippen LogP contribution in [-0.4, -0.2) is 0 Å². The van der Waals surface area contributed by atoms with Crippen LogP contribution in [-0.2, 0) is 0 Å². The van der Waals surface area contributed by atoms with Crippen LogP contribution in [0, 0.1) is 17.8 Å². The van der Waals surface area contributed by atoms with Gasteiger partial charge in [-0.15, -0.1) is 36.1 Å². The molecule has 3 aromatic carbocycles. The Morgan fingerprint density at radius 1 is 0.545 bits per heavy atom. The summed E-state index contributed by atoms with van der Waals surface area (Å²) in [5.74, 6) is 7.65. The standard InChI is InChI=1S/C21H15.Li/c1-4-10-18(11-5-1)16-17-21(19-12-6-2-7-13-19)20-14-8-3-9-15-20;/h1-15H;/q-1;+1. The molecule has 0 nitrogen and oxygen atoms in total. The van der Waals surface area contributed by atoms with Crippen LogP contribution in [0.25, 0.3) is 0 Å². The first-order valence-corrected chi connectivity index (χ1v) is 6.98. The first kappa shape index (κ1) is 16.1. The van der Waals surface area contributed by atoms with Crippen molar-refractivity contribution in [1.82, 2.24) is 0 Å². The molecule has 1 heteroatoms. The van der Waals surface area contributed by atoms with Crippen molar-refractivity contribution in [2.45, 2.75) is 0 Å².